The molecule has 2 atom stereocenters. The number of hydrogen-bond donors (Lipinski definition) is 2. The predicted molar refractivity (Wildman–Crippen MR) is 83.7 cm³/mol. The number of carbonyl (C=O) groups excluding carboxylic acids is 1. The molecular weight excluding hydrogens is 282 g/mol. The van der Waals surface area contributed by atoms with E-state index in [0.29, 0.717) is 6.61 Å². The summed E-state index contributed by atoms with van der Waals surface area (Å²) >= 11 is 0. The largest absolute Gasteiger partial charge is 0.444 e. The van der Waals surface area contributed by atoms with Gasteiger partial charge in [0.15, 0.2) is 0 Å². The van der Waals surface area contributed by atoms with Crippen LogP contribution in [0, 0.1) is 12.8 Å². The number of hydrogen-bond acceptors (Lipinski definition) is 4. The van der Waals surface area contributed by atoms with E-state index in [-0.39, 0.29) is 12.0 Å². The van der Waals surface area contributed by atoms with Crippen LogP contribution in [0.4, 0.5) is 4.79 Å². The third kappa shape index (κ3) is 4.22. The molecule has 1 aromatic rings. The van der Waals surface area contributed by atoms with Crippen LogP contribution < -0.4 is 5.32 Å². The number of ether oxygens (including phenoxy) is 2. The number of alkyl carbamates (subject to hydrolysis) is 1. The van der Waals surface area contributed by atoms with Crippen LogP contribution in [-0.4, -0.2) is 34.9 Å². The Morgan fingerprint density at radius 2 is 2.27 bits per heavy atom. The van der Waals surface area contributed by atoms with E-state index in [1.807, 2.05) is 27.7 Å². The van der Waals surface area contributed by atoms with E-state index >= 15 is 0 Å². The number of nitrogens with zero attached hydrogens (tertiary/aromatic N) is 1. The molecule has 1 aromatic heterocycles. The third-order valence-corrected chi connectivity index (χ3v) is 3.74. The molecule has 0 aromatic carbocycles. The summed E-state index contributed by atoms with van der Waals surface area (Å²) in [6.45, 7) is 11.0. The molecule has 0 saturated carbocycles. The number of nitrogens with one attached hydrogen (secondary N) is 2. The SMILES string of the molecule is CCc1nc(C(NC(=O)OC(C)(C)C)C2CCOC2)[nH]c1C. The minimum Gasteiger partial charge on any atom is -0.444 e. The molecule has 2 rings (SSSR count). The first-order valence-electron chi connectivity index (χ1n) is 7.92. The molecular formula is C16H27N3O3. The molecule has 0 aliphatic carbocycles. The summed E-state index contributed by atoms with van der Waals surface area (Å²) in [5.74, 6) is 0.999. The van der Waals surface area contributed by atoms with Gasteiger partial charge in [0.2, 0.25) is 0 Å². The maximum atomic E-state index is 12.1. The van der Waals surface area contributed by atoms with Gasteiger partial charge in [-0.1, -0.05) is 6.92 Å². The standard InChI is InChI=1S/C16H27N3O3/c1-6-12-10(2)17-14(18-12)13(11-7-8-21-9-11)19-15(20)22-16(3,4)5/h11,13H,6-9H2,1-5H3,(H,17,18)(H,19,20). The van der Waals surface area contributed by atoms with E-state index in [9.17, 15) is 4.79 Å². The highest BCUT2D eigenvalue weighted by Crippen LogP contribution is 2.28. The van der Waals surface area contributed by atoms with E-state index in [0.717, 1.165) is 36.7 Å². The van der Waals surface area contributed by atoms with Crippen LogP contribution in [0.5, 0.6) is 0 Å². The molecule has 124 valence electrons. The lowest BCUT2D eigenvalue weighted by molar-refractivity contribution is 0.0478. The van der Waals surface area contributed by atoms with Gasteiger partial charge in [0.25, 0.3) is 0 Å². The van der Waals surface area contributed by atoms with E-state index < -0.39 is 11.7 Å². The van der Waals surface area contributed by atoms with Crippen LogP contribution >= 0.6 is 0 Å². The van der Waals surface area contributed by atoms with Gasteiger partial charge in [-0.15, -0.1) is 0 Å². The summed E-state index contributed by atoms with van der Waals surface area (Å²) in [5, 5.41) is 2.96. The normalized spacial score (nSPS) is 20.0. The highest BCUT2D eigenvalue weighted by Gasteiger charge is 2.32. The van der Waals surface area contributed by atoms with Crippen molar-refractivity contribution in [3.05, 3.63) is 17.2 Å². The Balaban J connectivity index is 2.17. The van der Waals surface area contributed by atoms with Gasteiger partial charge in [0.1, 0.15) is 11.4 Å². The van der Waals surface area contributed by atoms with Crippen molar-refractivity contribution < 1.29 is 14.3 Å². The number of aryl methyl sites for hydroxylation is 2. The van der Waals surface area contributed by atoms with Gasteiger partial charge in [0, 0.05) is 18.2 Å². The molecule has 0 radical (unpaired) electrons. The molecule has 1 fully saturated rings. The zero-order valence-electron chi connectivity index (χ0n) is 14.2. The molecule has 6 nitrogen and oxygen atoms in total. The van der Waals surface area contributed by atoms with E-state index in [4.69, 9.17) is 9.47 Å². The molecule has 0 spiro atoms. The first-order chi connectivity index (χ1) is 10.3. The predicted octanol–water partition coefficient (Wildman–Crippen LogP) is 2.88. The Hall–Kier alpha value is -1.56. The second kappa shape index (κ2) is 6.69. The summed E-state index contributed by atoms with van der Waals surface area (Å²) in [4.78, 5) is 20.1. The van der Waals surface area contributed by atoms with E-state index in [1.165, 1.54) is 0 Å². The summed E-state index contributed by atoms with van der Waals surface area (Å²) in [6.07, 6.45) is 1.35. The lowest BCUT2D eigenvalue weighted by Gasteiger charge is -2.25. The molecule has 6 heteroatoms. The van der Waals surface area contributed by atoms with Crippen molar-refractivity contribution in [3.63, 3.8) is 0 Å². The Bertz CT molecular complexity index is 513. The number of carbonyl (C=O) groups is 1. The molecule has 2 N–H and O–H groups in total. The third-order valence-electron chi connectivity index (χ3n) is 3.74. The fourth-order valence-electron chi connectivity index (χ4n) is 2.67. The van der Waals surface area contributed by atoms with Crippen LogP contribution in [0.15, 0.2) is 0 Å². The van der Waals surface area contributed by atoms with Crippen molar-refractivity contribution in [2.45, 2.75) is 59.1 Å². The molecule has 2 unspecified atom stereocenters. The monoisotopic (exact) mass is 309 g/mol. The van der Waals surface area contributed by atoms with Crippen molar-refractivity contribution in [1.82, 2.24) is 15.3 Å². The second-order valence-corrected chi connectivity index (χ2v) is 6.79. The maximum Gasteiger partial charge on any atom is 0.408 e. The molecule has 1 aliphatic heterocycles. The van der Waals surface area contributed by atoms with Gasteiger partial charge < -0.3 is 19.8 Å². The number of rotatable bonds is 4. The highest BCUT2D eigenvalue weighted by molar-refractivity contribution is 5.68. The smallest absolute Gasteiger partial charge is 0.408 e. The Labute approximate surface area is 132 Å². The van der Waals surface area contributed by atoms with Gasteiger partial charge in [0.05, 0.1) is 18.3 Å². The average molecular weight is 309 g/mol. The summed E-state index contributed by atoms with van der Waals surface area (Å²) in [5.41, 5.74) is 1.56. The molecule has 22 heavy (non-hydrogen) atoms. The zero-order chi connectivity index (χ0) is 16.3. The minimum absolute atomic E-state index is 0.211. The lowest BCUT2D eigenvalue weighted by Crippen LogP contribution is -2.38. The Morgan fingerprint density at radius 3 is 2.77 bits per heavy atom. The zero-order valence-corrected chi connectivity index (χ0v) is 14.2. The van der Waals surface area contributed by atoms with Gasteiger partial charge >= 0.3 is 6.09 Å². The highest BCUT2D eigenvalue weighted by atomic mass is 16.6. The van der Waals surface area contributed by atoms with Crippen LogP contribution in [0.2, 0.25) is 0 Å². The molecule has 1 saturated heterocycles. The number of H-pyrrole nitrogens is 1. The van der Waals surface area contributed by atoms with Gasteiger partial charge in [-0.25, -0.2) is 9.78 Å². The average Bonchev–Trinajstić information content (AvgIpc) is 3.03. The van der Waals surface area contributed by atoms with Gasteiger partial charge in [-0.2, -0.15) is 0 Å². The van der Waals surface area contributed by atoms with Crippen LogP contribution in [0.25, 0.3) is 0 Å². The second-order valence-electron chi connectivity index (χ2n) is 6.79. The Morgan fingerprint density at radius 1 is 1.55 bits per heavy atom. The molecule has 1 amide bonds. The first-order valence-corrected chi connectivity index (χ1v) is 7.92. The van der Waals surface area contributed by atoms with E-state index in [1.54, 1.807) is 0 Å². The first kappa shape index (κ1) is 16.8. The molecule has 0 bridgehead atoms. The Kier molecular flexibility index (Phi) is 5.11. The lowest BCUT2D eigenvalue weighted by atomic mass is 9.98. The molecule has 1 aliphatic rings. The van der Waals surface area contributed by atoms with Crippen molar-refractivity contribution >= 4 is 6.09 Å². The quantitative estimate of drug-likeness (QED) is 0.896. The minimum atomic E-state index is -0.519. The van der Waals surface area contributed by atoms with Crippen LogP contribution in [0.3, 0.4) is 0 Å². The van der Waals surface area contributed by atoms with Crippen LogP contribution in [-0.2, 0) is 15.9 Å². The van der Waals surface area contributed by atoms with Crippen LogP contribution in [0.1, 0.15) is 57.4 Å². The number of aromatic nitrogens is 2. The van der Waals surface area contributed by atoms with Crippen molar-refractivity contribution in [2.24, 2.45) is 5.92 Å². The summed E-state index contributed by atoms with van der Waals surface area (Å²) in [6, 6.07) is -0.212. The number of aromatic amines is 1. The van der Waals surface area contributed by atoms with E-state index in [2.05, 4.69) is 22.2 Å². The van der Waals surface area contributed by atoms with Gasteiger partial charge in [-0.3, -0.25) is 0 Å². The van der Waals surface area contributed by atoms with Crippen molar-refractivity contribution in [2.75, 3.05) is 13.2 Å². The topological polar surface area (TPSA) is 76.2 Å². The fourth-order valence-corrected chi connectivity index (χ4v) is 2.67. The summed E-state index contributed by atoms with van der Waals surface area (Å²) in [7, 11) is 0. The van der Waals surface area contributed by atoms with Gasteiger partial charge in [-0.05, 0) is 40.5 Å². The molecule has 2 heterocycles. The van der Waals surface area contributed by atoms with Crippen molar-refractivity contribution in [1.29, 1.82) is 0 Å². The van der Waals surface area contributed by atoms with Crippen molar-refractivity contribution in [3.8, 4) is 0 Å². The summed E-state index contributed by atoms with van der Waals surface area (Å²) < 4.78 is 10.9. The number of imidazole rings is 1. The fraction of sp³-hybridized carbons (Fsp3) is 0.750. The number of amides is 1. The maximum absolute atomic E-state index is 12.1.